The van der Waals surface area contributed by atoms with Gasteiger partial charge in [-0.1, -0.05) is 37.3 Å². The maximum absolute atomic E-state index is 12.3. The third-order valence-electron chi connectivity index (χ3n) is 3.62. The van der Waals surface area contributed by atoms with E-state index in [0.717, 1.165) is 5.56 Å². The number of hydrogen-bond donors (Lipinski definition) is 3. The van der Waals surface area contributed by atoms with Crippen molar-refractivity contribution in [2.24, 2.45) is 11.7 Å². The Hall–Kier alpha value is -2.67. The topological polar surface area (TPSA) is 102 Å². The average molecular weight is 315 g/mol. The van der Waals surface area contributed by atoms with Gasteiger partial charge >= 0.3 is 0 Å². The molecule has 2 unspecified atom stereocenters. The summed E-state index contributed by atoms with van der Waals surface area (Å²) in [6.45, 7) is 1.88. The summed E-state index contributed by atoms with van der Waals surface area (Å²) in [6.07, 6.45) is 3.11. The molecule has 2 aromatic rings. The Labute approximate surface area is 134 Å². The number of carbonyl (C=O) groups is 2. The summed E-state index contributed by atoms with van der Waals surface area (Å²) < 4.78 is 1.45. The van der Waals surface area contributed by atoms with E-state index < -0.39 is 12.0 Å². The third-order valence-corrected chi connectivity index (χ3v) is 3.62. The highest BCUT2D eigenvalue weighted by Gasteiger charge is 2.22. The maximum Gasteiger partial charge on any atom is 0.241 e. The van der Waals surface area contributed by atoms with Crippen molar-refractivity contribution in [2.45, 2.75) is 19.5 Å². The van der Waals surface area contributed by atoms with Crippen molar-refractivity contribution in [1.82, 2.24) is 15.1 Å². The number of rotatable bonds is 6. The van der Waals surface area contributed by atoms with Crippen molar-refractivity contribution >= 4 is 17.5 Å². The van der Waals surface area contributed by atoms with E-state index in [4.69, 9.17) is 5.73 Å². The summed E-state index contributed by atoms with van der Waals surface area (Å²) >= 11 is 0. The predicted octanol–water partition coefficient (Wildman–Crippen LogP) is 0.904. The van der Waals surface area contributed by atoms with E-state index in [9.17, 15) is 9.59 Å². The normalized spacial score (nSPS) is 13.2. The second-order valence-electron chi connectivity index (χ2n) is 5.31. The molecule has 1 aromatic heterocycles. The minimum absolute atomic E-state index is 0.103. The Morgan fingerprint density at radius 1 is 1.30 bits per heavy atom. The lowest BCUT2D eigenvalue weighted by Gasteiger charge is -2.19. The van der Waals surface area contributed by atoms with Crippen molar-refractivity contribution in [3.63, 3.8) is 0 Å². The molecule has 0 radical (unpaired) electrons. The van der Waals surface area contributed by atoms with Crippen molar-refractivity contribution in [1.29, 1.82) is 0 Å². The number of benzene rings is 1. The molecule has 0 fully saturated rings. The molecular formula is C16H21N5O2. The SMILES string of the molecule is CNC(=O)Cn1cc(NC(=O)C(C)C(N)c2ccccc2)cn1. The van der Waals surface area contributed by atoms with Crippen LogP contribution >= 0.6 is 0 Å². The van der Waals surface area contributed by atoms with Gasteiger partial charge in [-0.25, -0.2) is 0 Å². The standard InChI is InChI=1S/C16H21N5O2/c1-11(15(17)12-6-4-3-5-7-12)16(23)20-13-8-19-21(9-13)10-14(22)18-2/h3-9,11,15H,10,17H2,1-2H3,(H,18,22)(H,20,23). The zero-order chi connectivity index (χ0) is 16.8. The number of carbonyl (C=O) groups excluding carboxylic acids is 2. The summed E-state index contributed by atoms with van der Waals surface area (Å²) in [5.41, 5.74) is 7.59. The van der Waals surface area contributed by atoms with Crippen LogP contribution in [0.2, 0.25) is 0 Å². The molecule has 0 spiro atoms. The number of nitrogens with zero attached hydrogens (tertiary/aromatic N) is 2. The quantitative estimate of drug-likeness (QED) is 0.737. The van der Waals surface area contributed by atoms with Gasteiger partial charge in [-0.05, 0) is 5.56 Å². The number of aromatic nitrogens is 2. The van der Waals surface area contributed by atoms with Crippen molar-refractivity contribution in [3.8, 4) is 0 Å². The van der Waals surface area contributed by atoms with E-state index in [2.05, 4.69) is 15.7 Å². The van der Waals surface area contributed by atoms with Gasteiger partial charge < -0.3 is 16.4 Å². The van der Waals surface area contributed by atoms with Crippen LogP contribution in [0.5, 0.6) is 0 Å². The molecule has 2 atom stereocenters. The van der Waals surface area contributed by atoms with Gasteiger partial charge in [0.05, 0.1) is 17.8 Å². The molecule has 4 N–H and O–H groups in total. The van der Waals surface area contributed by atoms with Gasteiger partial charge in [0, 0.05) is 19.3 Å². The van der Waals surface area contributed by atoms with Crippen LogP contribution in [-0.2, 0) is 16.1 Å². The summed E-state index contributed by atoms with van der Waals surface area (Å²) in [5.74, 6) is -0.758. The molecule has 0 aliphatic carbocycles. The molecule has 7 heteroatoms. The van der Waals surface area contributed by atoms with E-state index in [1.54, 1.807) is 20.2 Å². The lowest BCUT2D eigenvalue weighted by atomic mass is 9.95. The van der Waals surface area contributed by atoms with E-state index in [1.165, 1.54) is 10.9 Å². The van der Waals surface area contributed by atoms with Gasteiger partial charge in [-0.2, -0.15) is 5.10 Å². The molecule has 23 heavy (non-hydrogen) atoms. The Kier molecular flexibility index (Phi) is 5.48. The van der Waals surface area contributed by atoms with E-state index in [-0.39, 0.29) is 18.4 Å². The minimum atomic E-state index is -0.403. The first-order valence-electron chi connectivity index (χ1n) is 7.35. The summed E-state index contributed by atoms with van der Waals surface area (Å²) in [4.78, 5) is 23.6. The fourth-order valence-corrected chi connectivity index (χ4v) is 2.12. The third kappa shape index (κ3) is 4.40. The second-order valence-corrected chi connectivity index (χ2v) is 5.31. The van der Waals surface area contributed by atoms with Crippen LogP contribution in [0.25, 0.3) is 0 Å². The molecule has 0 saturated carbocycles. The number of amides is 2. The molecule has 1 aromatic carbocycles. The average Bonchev–Trinajstić information content (AvgIpc) is 3.00. The number of nitrogens with two attached hydrogens (primary N) is 1. The van der Waals surface area contributed by atoms with Gasteiger partial charge in [0.2, 0.25) is 11.8 Å². The molecule has 0 aliphatic rings. The van der Waals surface area contributed by atoms with Gasteiger partial charge in [0.25, 0.3) is 0 Å². The molecule has 7 nitrogen and oxygen atoms in total. The first kappa shape index (κ1) is 16.7. The summed E-state index contributed by atoms with van der Waals surface area (Å²) in [7, 11) is 1.56. The van der Waals surface area contributed by atoms with E-state index in [0.29, 0.717) is 5.69 Å². The maximum atomic E-state index is 12.3. The predicted molar refractivity (Wildman–Crippen MR) is 87.5 cm³/mol. The fraction of sp³-hybridized carbons (Fsp3) is 0.312. The molecule has 0 saturated heterocycles. The number of anilines is 1. The van der Waals surface area contributed by atoms with Crippen molar-refractivity contribution < 1.29 is 9.59 Å². The highest BCUT2D eigenvalue weighted by Crippen LogP contribution is 2.20. The van der Waals surface area contributed by atoms with Crippen LogP contribution < -0.4 is 16.4 Å². The number of likely N-dealkylation sites (N-methyl/N-ethyl adjacent to an activating group) is 1. The van der Waals surface area contributed by atoms with Gasteiger partial charge in [0.1, 0.15) is 6.54 Å². The van der Waals surface area contributed by atoms with Crippen LogP contribution in [0.1, 0.15) is 18.5 Å². The first-order valence-corrected chi connectivity index (χ1v) is 7.35. The lowest BCUT2D eigenvalue weighted by molar-refractivity contribution is -0.121. The lowest BCUT2D eigenvalue weighted by Crippen LogP contribution is -2.30. The highest BCUT2D eigenvalue weighted by molar-refractivity contribution is 5.92. The summed E-state index contributed by atoms with van der Waals surface area (Å²) in [6, 6.07) is 9.09. The smallest absolute Gasteiger partial charge is 0.241 e. The van der Waals surface area contributed by atoms with Gasteiger partial charge in [-0.3, -0.25) is 14.3 Å². The molecule has 0 aliphatic heterocycles. The first-order chi connectivity index (χ1) is 11.0. The van der Waals surface area contributed by atoms with Crippen LogP contribution in [0, 0.1) is 5.92 Å². The molecule has 2 amide bonds. The van der Waals surface area contributed by atoms with Crippen molar-refractivity contribution in [2.75, 3.05) is 12.4 Å². The van der Waals surface area contributed by atoms with Crippen LogP contribution in [0.4, 0.5) is 5.69 Å². The van der Waals surface area contributed by atoms with Crippen LogP contribution in [-0.4, -0.2) is 28.6 Å². The Bertz CT molecular complexity index is 668. The highest BCUT2D eigenvalue weighted by atomic mass is 16.2. The number of hydrogen-bond acceptors (Lipinski definition) is 4. The Morgan fingerprint density at radius 2 is 2.00 bits per heavy atom. The Morgan fingerprint density at radius 3 is 2.65 bits per heavy atom. The fourth-order valence-electron chi connectivity index (χ4n) is 2.12. The van der Waals surface area contributed by atoms with E-state index in [1.807, 2.05) is 30.3 Å². The Balaban J connectivity index is 1.97. The molecular weight excluding hydrogens is 294 g/mol. The summed E-state index contributed by atoms with van der Waals surface area (Å²) in [5, 5.41) is 9.31. The molecule has 2 rings (SSSR count). The van der Waals surface area contributed by atoms with Crippen LogP contribution in [0.15, 0.2) is 42.7 Å². The second kappa shape index (κ2) is 7.55. The van der Waals surface area contributed by atoms with Gasteiger partial charge in [0.15, 0.2) is 0 Å². The van der Waals surface area contributed by atoms with Crippen LogP contribution in [0.3, 0.4) is 0 Å². The zero-order valence-electron chi connectivity index (χ0n) is 13.2. The molecule has 122 valence electrons. The number of nitrogens with one attached hydrogen (secondary N) is 2. The van der Waals surface area contributed by atoms with Gasteiger partial charge in [-0.15, -0.1) is 0 Å². The van der Waals surface area contributed by atoms with E-state index >= 15 is 0 Å². The largest absolute Gasteiger partial charge is 0.358 e. The van der Waals surface area contributed by atoms with Crippen molar-refractivity contribution in [3.05, 3.63) is 48.3 Å². The molecule has 1 heterocycles. The minimum Gasteiger partial charge on any atom is -0.358 e. The molecule has 0 bridgehead atoms. The zero-order valence-corrected chi connectivity index (χ0v) is 13.2. The monoisotopic (exact) mass is 315 g/mol.